The zero-order valence-electron chi connectivity index (χ0n) is 5.00. The lowest BCUT2D eigenvalue weighted by Gasteiger charge is -1.95. The van der Waals surface area contributed by atoms with Crippen LogP contribution in [0.25, 0.3) is 11.4 Å². The van der Waals surface area contributed by atoms with E-state index < -0.39 is 0 Å². The normalized spacial score (nSPS) is 10.5. The quantitative estimate of drug-likeness (QED) is 0.564. The third-order valence-electron chi connectivity index (χ3n) is 1.27. The van der Waals surface area contributed by atoms with E-state index in [-0.39, 0.29) is 0 Å². The molecule has 0 aromatic carbocycles. The van der Waals surface area contributed by atoms with E-state index >= 15 is 0 Å². The van der Waals surface area contributed by atoms with E-state index in [0.717, 1.165) is 15.2 Å². The van der Waals surface area contributed by atoms with E-state index in [0.29, 0.717) is 0 Å². The highest BCUT2D eigenvalue weighted by molar-refractivity contribution is 14.1. The zero-order valence-corrected chi connectivity index (χ0v) is 7.16. The highest BCUT2D eigenvalue weighted by atomic mass is 127. The molecular weight excluding hydrogens is 241 g/mol. The molecule has 0 aromatic heterocycles. The van der Waals surface area contributed by atoms with Crippen molar-refractivity contribution in [1.82, 2.24) is 15.0 Å². The zero-order chi connectivity index (χ0) is 6.97. The molecule has 0 bridgehead atoms. The topological polar surface area (TPSA) is 41.6 Å². The highest BCUT2D eigenvalue weighted by Gasteiger charge is 2.02. The predicted molar refractivity (Wildman–Crippen MR) is 45.7 cm³/mol. The maximum Gasteiger partial charge on any atom is 0.169 e. The molecule has 2 aliphatic heterocycles. The molecule has 0 amide bonds. The van der Waals surface area contributed by atoms with E-state index in [9.17, 15) is 0 Å². The summed E-state index contributed by atoms with van der Waals surface area (Å²) in [6.07, 6.45) is 3.52. The molecule has 0 aliphatic carbocycles. The van der Waals surface area contributed by atoms with Gasteiger partial charge in [-0.25, -0.2) is 4.98 Å². The first-order chi connectivity index (χ1) is 4.86. The Labute approximate surface area is 71.4 Å². The lowest BCUT2D eigenvalue weighted by Crippen LogP contribution is -1.89. The Morgan fingerprint density at radius 1 is 1.40 bits per heavy atom. The second kappa shape index (κ2) is 2.19. The van der Waals surface area contributed by atoms with Gasteiger partial charge in [0, 0.05) is 6.20 Å². The van der Waals surface area contributed by atoms with Crippen LogP contribution in [0.15, 0.2) is 18.5 Å². The van der Waals surface area contributed by atoms with Gasteiger partial charge < -0.3 is 4.98 Å². The number of halogens is 1. The maximum absolute atomic E-state index is 4.06. The Morgan fingerprint density at radius 3 is 3.20 bits per heavy atom. The summed E-state index contributed by atoms with van der Waals surface area (Å²) in [5.41, 5.74) is 1.96. The lowest BCUT2D eigenvalue weighted by atomic mass is 10.3. The van der Waals surface area contributed by atoms with Crippen LogP contribution in [0.3, 0.4) is 0 Å². The molecule has 0 atom stereocenters. The average molecular weight is 245 g/mol. The summed E-state index contributed by atoms with van der Waals surface area (Å²) in [6.45, 7) is 0. The third kappa shape index (κ3) is 0.880. The Hall–Kier alpha value is -0.650. The number of hydrogen-bond donors (Lipinski definition) is 1. The second-order valence-corrected chi connectivity index (χ2v) is 2.94. The van der Waals surface area contributed by atoms with Crippen molar-refractivity contribution < 1.29 is 0 Å². The summed E-state index contributed by atoms with van der Waals surface area (Å²) in [5.74, 6) is 0. The van der Waals surface area contributed by atoms with Crippen LogP contribution in [0.1, 0.15) is 0 Å². The van der Waals surface area contributed by atoms with Gasteiger partial charge in [-0.15, -0.1) is 0 Å². The van der Waals surface area contributed by atoms with Crippen molar-refractivity contribution in [3.05, 3.63) is 22.3 Å². The number of nitrogens with one attached hydrogen (secondary N) is 1. The fourth-order valence-electron chi connectivity index (χ4n) is 0.817. The first-order valence-corrected chi connectivity index (χ1v) is 3.89. The summed E-state index contributed by atoms with van der Waals surface area (Å²) in [7, 11) is 0. The Morgan fingerprint density at radius 2 is 2.30 bits per heavy atom. The summed E-state index contributed by atoms with van der Waals surface area (Å²) in [4.78, 5) is 11.2. The van der Waals surface area contributed by atoms with Crippen LogP contribution in [0, 0.1) is 3.83 Å². The maximum atomic E-state index is 4.06. The van der Waals surface area contributed by atoms with E-state index in [1.54, 1.807) is 12.4 Å². The first kappa shape index (κ1) is 6.09. The summed E-state index contributed by atoms with van der Waals surface area (Å²) in [5, 5.41) is 0. The Kier molecular flexibility index (Phi) is 1.33. The molecule has 0 saturated carbocycles. The van der Waals surface area contributed by atoms with Crippen LogP contribution in [-0.2, 0) is 0 Å². The van der Waals surface area contributed by atoms with Crippen molar-refractivity contribution >= 4 is 22.6 Å². The number of hydrogen-bond acceptors (Lipinski definition) is 2. The number of H-pyrrole nitrogens is 1. The fraction of sp³-hybridized carbons (Fsp3) is 0. The summed E-state index contributed by atoms with van der Waals surface area (Å²) in [6, 6.07) is 1.93. The minimum atomic E-state index is 0.887. The van der Waals surface area contributed by atoms with Gasteiger partial charge in [0.25, 0.3) is 0 Å². The largest absolute Gasteiger partial charge is 0.333 e. The molecule has 2 aliphatic rings. The molecule has 0 fully saturated rings. The van der Waals surface area contributed by atoms with Gasteiger partial charge in [-0.05, 0) is 28.7 Å². The number of nitrogens with zero attached hydrogens (tertiary/aromatic N) is 2. The van der Waals surface area contributed by atoms with E-state index in [1.165, 1.54) is 0 Å². The van der Waals surface area contributed by atoms with Gasteiger partial charge in [-0.1, -0.05) is 0 Å². The second-order valence-electron chi connectivity index (χ2n) is 1.92. The van der Waals surface area contributed by atoms with Crippen LogP contribution in [0.5, 0.6) is 0 Å². The van der Waals surface area contributed by atoms with Crippen LogP contribution >= 0.6 is 22.6 Å². The summed E-state index contributed by atoms with van der Waals surface area (Å²) >= 11 is 2.13. The molecular formula is C6H4IN3. The standard InChI is InChI=1S/C6H4IN3/c7-6-9-3-5-4(10-6)1-2-8-5/h1-3H,(H,9,10). The Balaban J connectivity index is 2.75. The highest BCUT2D eigenvalue weighted by Crippen LogP contribution is 2.15. The number of rotatable bonds is 0. The molecule has 0 aromatic rings. The van der Waals surface area contributed by atoms with Gasteiger partial charge in [-0.3, -0.25) is 4.98 Å². The van der Waals surface area contributed by atoms with E-state index in [2.05, 4.69) is 37.5 Å². The average Bonchev–Trinajstić information content (AvgIpc) is 2.33. The van der Waals surface area contributed by atoms with Gasteiger partial charge >= 0.3 is 0 Å². The van der Waals surface area contributed by atoms with Crippen molar-refractivity contribution in [2.75, 3.05) is 0 Å². The van der Waals surface area contributed by atoms with Crippen LogP contribution < -0.4 is 0 Å². The molecule has 0 spiro atoms. The van der Waals surface area contributed by atoms with Gasteiger partial charge in [0.1, 0.15) is 5.69 Å². The van der Waals surface area contributed by atoms with Gasteiger partial charge in [0.05, 0.1) is 11.9 Å². The molecule has 50 valence electrons. The Bertz CT molecular complexity index is 317. The molecule has 2 heterocycles. The van der Waals surface area contributed by atoms with Gasteiger partial charge in [0.2, 0.25) is 0 Å². The number of aromatic nitrogens is 3. The molecule has 10 heavy (non-hydrogen) atoms. The first-order valence-electron chi connectivity index (χ1n) is 2.81. The van der Waals surface area contributed by atoms with Crippen molar-refractivity contribution in [2.45, 2.75) is 0 Å². The van der Waals surface area contributed by atoms with E-state index in [1.807, 2.05) is 6.07 Å². The van der Waals surface area contributed by atoms with Crippen molar-refractivity contribution in [1.29, 1.82) is 0 Å². The van der Waals surface area contributed by atoms with Crippen LogP contribution in [0.2, 0.25) is 0 Å². The minimum Gasteiger partial charge on any atom is -0.333 e. The molecule has 0 radical (unpaired) electrons. The molecule has 0 unspecified atom stereocenters. The lowest BCUT2D eigenvalue weighted by molar-refractivity contribution is 1.10. The molecule has 3 nitrogen and oxygen atoms in total. The fourth-order valence-corrected chi connectivity index (χ4v) is 1.25. The van der Waals surface area contributed by atoms with Gasteiger partial charge in [-0.2, -0.15) is 0 Å². The van der Waals surface area contributed by atoms with Crippen LogP contribution in [0.4, 0.5) is 0 Å². The predicted octanol–water partition coefficient (Wildman–Crippen LogP) is 1.51. The molecule has 1 N–H and O–H groups in total. The number of fused-ring (bicyclic) bond motifs is 1. The molecule has 0 saturated heterocycles. The third-order valence-corrected chi connectivity index (χ3v) is 1.82. The molecule has 4 heteroatoms. The monoisotopic (exact) mass is 245 g/mol. The molecule has 2 rings (SSSR count). The van der Waals surface area contributed by atoms with E-state index in [4.69, 9.17) is 0 Å². The van der Waals surface area contributed by atoms with Crippen molar-refractivity contribution in [2.24, 2.45) is 0 Å². The smallest absolute Gasteiger partial charge is 0.169 e. The number of aromatic amines is 1. The minimum absolute atomic E-state index is 0.887. The summed E-state index contributed by atoms with van der Waals surface area (Å²) < 4.78 is 0.887. The van der Waals surface area contributed by atoms with Gasteiger partial charge in [0.15, 0.2) is 3.83 Å². The van der Waals surface area contributed by atoms with Crippen molar-refractivity contribution in [3.8, 4) is 11.4 Å². The SMILES string of the molecule is Ic1ncc2nccc-2[nH]1. The van der Waals surface area contributed by atoms with Crippen LogP contribution in [-0.4, -0.2) is 15.0 Å². The van der Waals surface area contributed by atoms with Crippen molar-refractivity contribution in [3.63, 3.8) is 0 Å².